The van der Waals surface area contributed by atoms with Gasteiger partial charge in [0.1, 0.15) is 5.78 Å². The van der Waals surface area contributed by atoms with Gasteiger partial charge in [0.15, 0.2) is 0 Å². The van der Waals surface area contributed by atoms with Gasteiger partial charge in [-0.15, -0.1) is 0 Å². The van der Waals surface area contributed by atoms with Crippen molar-refractivity contribution in [3.05, 3.63) is 0 Å². The molecule has 0 radical (unpaired) electrons. The SMILES string of the molecule is CC(=O)C1COC(C)CC1O. The molecule has 1 heterocycles. The summed E-state index contributed by atoms with van der Waals surface area (Å²) < 4.78 is 5.24. The molecule has 64 valence electrons. The fourth-order valence-corrected chi connectivity index (χ4v) is 1.34. The normalized spacial score (nSPS) is 38.6. The van der Waals surface area contributed by atoms with E-state index in [1.165, 1.54) is 6.92 Å². The molecule has 1 aliphatic heterocycles. The van der Waals surface area contributed by atoms with E-state index in [1.807, 2.05) is 6.92 Å². The van der Waals surface area contributed by atoms with Crippen molar-refractivity contribution in [1.29, 1.82) is 0 Å². The number of carbonyl (C=O) groups is 1. The zero-order valence-corrected chi connectivity index (χ0v) is 6.91. The molecule has 1 rings (SSSR count). The minimum atomic E-state index is -0.503. The first-order valence-corrected chi connectivity index (χ1v) is 3.91. The molecule has 0 bridgehead atoms. The van der Waals surface area contributed by atoms with Crippen LogP contribution in [0.3, 0.4) is 0 Å². The monoisotopic (exact) mass is 158 g/mol. The van der Waals surface area contributed by atoms with Gasteiger partial charge in [-0.05, 0) is 13.8 Å². The molecule has 1 aliphatic rings. The van der Waals surface area contributed by atoms with Crippen LogP contribution in [-0.4, -0.2) is 29.7 Å². The predicted molar refractivity (Wildman–Crippen MR) is 40.2 cm³/mol. The van der Waals surface area contributed by atoms with E-state index >= 15 is 0 Å². The molecule has 3 unspecified atom stereocenters. The molecule has 1 saturated heterocycles. The maximum Gasteiger partial charge on any atom is 0.137 e. The van der Waals surface area contributed by atoms with E-state index in [9.17, 15) is 9.90 Å². The van der Waals surface area contributed by atoms with Crippen LogP contribution in [0.4, 0.5) is 0 Å². The number of hydrogen-bond donors (Lipinski definition) is 1. The first-order valence-electron chi connectivity index (χ1n) is 3.91. The Morgan fingerprint density at radius 1 is 1.64 bits per heavy atom. The summed E-state index contributed by atoms with van der Waals surface area (Å²) in [6.45, 7) is 3.77. The molecule has 1 N–H and O–H groups in total. The van der Waals surface area contributed by atoms with Gasteiger partial charge in [0.05, 0.1) is 24.7 Å². The van der Waals surface area contributed by atoms with Crippen LogP contribution in [0, 0.1) is 5.92 Å². The van der Waals surface area contributed by atoms with E-state index in [1.54, 1.807) is 0 Å². The zero-order chi connectivity index (χ0) is 8.43. The molecular formula is C8H14O3. The molecular weight excluding hydrogens is 144 g/mol. The highest BCUT2D eigenvalue weighted by atomic mass is 16.5. The van der Waals surface area contributed by atoms with Crippen molar-refractivity contribution in [3.8, 4) is 0 Å². The molecule has 0 aromatic carbocycles. The molecule has 0 spiro atoms. The number of rotatable bonds is 1. The van der Waals surface area contributed by atoms with Crippen LogP contribution in [-0.2, 0) is 9.53 Å². The molecule has 3 atom stereocenters. The lowest BCUT2D eigenvalue weighted by atomic mass is 9.92. The van der Waals surface area contributed by atoms with Gasteiger partial charge in [-0.3, -0.25) is 4.79 Å². The highest BCUT2D eigenvalue weighted by Crippen LogP contribution is 2.19. The van der Waals surface area contributed by atoms with E-state index < -0.39 is 6.10 Å². The number of ketones is 1. The Kier molecular flexibility index (Phi) is 2.62. The summed E-state index contributed by atoms with van der Waals surface area (Å²) in [5.74, 6) is -0.282. The van der Waals surface area contributed by atoms with Crippen LogP contribution in [0.25, 0.3) is 0 Å². The molecule has 0 aromatic rings. The largest absolute Gasteiger partial charge is 0.392 e. The quantitative estimate of drug-likeness (QED) is 0.599. The summed E-state index contributed by atoms with van der Waals surface area (Å²) in [7, 11) is 0. The number of Topliss-reactive ketones (excluding diaryl/α,β-unsaturated/α-hetero) is 1. The standard InChI is InChI=1S/C8H14O3/c1-5-3-8(10)7(4-11-5)6(2)9/h5,7-8,10H,3-4H2,1-2H3. The summed E-state index contributed by atoms with van der Waals surface area (Å²) in [4.78, 5) is 10.9. The minimum Gasteiger partial charge on any atom is -0.392 e. The topological polar surface area (TPSA) is 46.5 Å². The van der Waals surface area contributed by atoms with E-state index in [0.717, 1.165) is 0 Å². The third-order valence-corrected chi connectivity index (χ3v) is 2.12. The Balaban J connectivity index is 2.50. The van der Waals surface area contributed by atoms with Crippen LogP contribution < -0.4 is 0 Å². The molecule has 3 nitrogen and oxygen atoms in total. The molecule has 11 heavy (non-hydrogen) atoms. The Morgan fingerprint density at radius 3 is 2.73 bits per heavy atom. The van der Waals surface area contributed by atoms with Gasteiger partial charge >= 0.3 is 0 Å². The van der Waals surface area contributed by atoms with E-state index in [-0.39, 0.29) is 17.8 Å². The van der Waals surface area contributed by atoms with Crippen molar-refractivity contribution >= 4 is 5.78 Å². The number of carbonyl (C=O) groups excluding carboxylic acids is 1. The van der Waals surface area contributed by atoms with Gasteiger partial charge in [0, 0.05) is 6.42 Å². The molecule has 0 saturated carbocycles. The van der Waals surface area contributed by atoms with Crippen molar-refractivity contribution in [1.82, 2.24) is 0 Å². The third kappa shape index (κ3) is 2.01. The Labute approximate surface area is 66.4 Å². The van der Waals surface area contributed by atoms with Gasteiger partial charge in [-0.2, -0.15) is 0 Å². The number of ether oxygens (including phenoxy) is 1. The average molecular weight is 158 g/mol. The summed E-state index contributed by atoms with van der Waals surface area (Å²) in [5, 5.41) is 9.41. The lowest BCUT2D eigenvalue weighted by Gasteiger charge is -2.29. The van der Waals surface area contributed by atoms with Crippen molar-refractivity contribution in [2.75, 3.05) is 6.61 Å². The van der Waals surface area contributed by atoms with E-state index in [0.29, 0.717) is 13.0 Å². The summed E-state index contributed by atoms with van der Waals surface area (Å²) in [5.41, 5.74) is 0. The first-order chi connectivity index (χ1) is 5.11. The molecule has 0 aromatic heterocycles. The lowest BCUT2D eigenvalue weighted by Crippen LogP contribution is -2.39. The van der Waals surface area contributed by atoms with Crippen molar-refractivity contribution in [2.45, 2.75) is 32.5 Å². The van der Waals surface area contributed by atoms with Crippen LogP contribution >= 0.6 is 0 Å². The van der Waals surface area contributed by atoms with E-state index in [2.05, 4.69) is 0 Å². The summed E-state index contributed by atoms with van der Waals surface area (Å²) in [6, 6.07) is 0. The van der Waals surface area contributed by atoms with Crippen LogP contribution in [0.15, 0.2) is 0 Å². The van der Waals surface area contributed by atoms with Gasteiger partial charge in [0.25, 0.3) is 0 Å². The highest BCUT2D eigenvalue weighted by Gasteiger charge is 2.30. The van der Waals surface area contributed by atoms with Crippen LogP contribution in [0.1, 0.15) is 20.3 Å². The molecule has 3 heteroatoms. The average Bonchev–Trinajstić information content (AvgIpc) is 1.85. The molecule has 0 amide bonds. The number of aliphatic hydroxyl groups is 1. The maximum absolute atomic E-state index is 10.9. The van der Waals surface area contributed by atoms with Crippen LogP contribution in [0.5, 0.6) is 0 Å². The minimum absolute atomic E-state index is 0.0180. The molecule has 0 aliphatic carbocycles. The Morgan fingerprint density at radius 2 is 2.27 bits per heavy atom. The van der Waals surface area contributed by atoms with Crippen molar-refractivity contribution in [2.24, 2.45) is 5.92 Å². The number of aliphatic hydroxyl groups excluding tert-OH is 1. The summed E-state index contributed by atoms with van der Waals surface area (Å²) in [6.07, 6.45) is 0.154. The van der Waals surface area contributed by atoms with Gasteiger partial charge in [-0.25, -0.2) is 0 Å². The third-order valence-electron chi connectivity index (χ3n) is 2.12. The van der Waals surface area contributed by atoms with E-state index in [4.69, 9.17) is 4.74 Å². The smallest absolute Gasteiger partial charge is 0.137 e. The number of hydrogen-bond acceptors (Lipinski definition) is 3. The van der Waals surface area contributed by atoms with Gasteiger partial charge < -0.3 is 9.84 Å². The lowest BCUT2D eigenvalue weighted by molar-refractivity contribution is -0.136. The second kappa shape index (κ2) is 3.32. The first kappa shape index (κ1) is 8.68. The Hall–Kier alpha value is -0.410. The zero-order valence-electron chi connectivity index (χ0n) is 6.91. The second-order valence-corrected chi connectivity index (χ2v) is 3.16. The summed E-state index contributed by atoms with van der Waals surface area (Å²) >= 11 is 0. The van der Waals surface area contributed by atoms with Crippen molar-refractivity contribution < 1.29 is 14.6 Å². The van der Waals surface area contributed by atoms with Gasteiger partial charge in [-0.1, -0.05) is 0 Å². The molecule has 1 fully saturated rings. The van der Waals surface area contributed by atoms with Gasteiger partial charge in [0.2, 0.25) is 0 Å². The highest BCUT2D eigenvalue weighted by molar-refractivity contribution is 5.79. The fraction of sp³-hybridized carbons (Fsp3) is 0.875. The Bertz CT molecular complexity index is 155. The fourth-order valence-electron chi connectivity index (χ4n) is 1.34. The predicted octanol–water partition coefficient (Wildman–Crippen LogP) is 0.361. The van der Waals surface area contributed by atoms with Crippen molar-refractivity contribution in [3.63, 3.8) is 0 Å². The second-order valence-electron chi connectivity index (χ2n) is 3.16. The van der Waals surface area contributed by atoms with Crippen LogP contribution in [0.2, 0.25) is 0 Å². The maximum atomic E-state index is 10.9.